The van der Waals surface area contributed by atoms with Gasteiger partial charge in [0, 0.05) is 29.5 Å². The maximum atomic E-state index is 3.62. The third kappa shape index (κ3) is 3.78. The molecule has 96 valence electrons. The van der Waals surface area contributed by atoms with Gasteiger partial charge in [-0.15, -0.1) is 11.3 Å². The highest BCUT2D eigenvalue weighted by atomic mass is 79.9. The van der Waals surface area contributed by atoms with E-state index in [9.17, 15) is 0 Å². The van der Waals surface area contributed by atoms with E-state index in [0.29, 0.717) is 12.1 Å². The van der Waals surface area contributed by atoms with E-state index in [2.05, 4.69) is 59.2 Å². The van der Waals surface area contributed by atoms with Gasteiger partial charge in [0.05, 0.1) is 3.79 Å². The van der Waals surface area contributed by atoms with Crippen LogP contribution >= 0.6 is 27.3 Å². The Hall–Kier alpha value is 0.1000. The van der Waals surface area contributed by atoms with E-state index in [0.717, 1.165) is 12.6 Å². The molecule has 0 aliphatic heterocycles. The van der Waals surface area contributed by atoms with Gasteiger partial charge in [0.15, 0.2) is 0 Å². The molecule has 0 amide bonds. The smallest absolute Gasteiger partial charge is 0.0701 e. The number of nitrogens with one attached hydrogen (secondary N) is 1. The van der Waals surface area contributed by atoms with Crippen LogP contribution in [0.5, 0.6) is 0 Å². The SMILES string of the molecule is CC(NCC(C)N(C)C1CC1)c1ccc(Br)s1. The molecular weight excluding hydrogens is 296 g/mol. The highest BCUT2D eigenvalue weighted by Crippen LogP contribution is 2.28. The van der Waals surface area contributed by atoms with Crippen molar-refractivity contribution in [2.75, 3.05) is 13.6 Å². The second-order valence-electron chi connectivity index (χ2n) is 5.02. The van der Waals surface area contributed by atoms with Gasteiger partial charge in [-0.25, -0.2) is 0 Å². The molecule has 0 radical (unpaired) electrons. The minimum absolute atomic E-state index is 0.446. The maximum absolute atomic E-state index is 3.62. The Balaban J connectivity index is 1.77. The quantitative estimate of drug-likeness (QED) is 0.862. The third-order valence-corrected chi connectivity index (χ3v) is 5.36. The Labute approximate surface area is 117 Å². The summed E-state index contributed by atoms with van der Waals surface area (Å²) in [6.07, 6.45) is 2.77. The van der Waals surface area contributed by atoms with E-state index < -0.39 is 0 Å². The van der Waals surface area contributed by atoms with E-state index >= 15 is 0 Å². The molecule has 1 heterocycles. The lowest BCUT2D eigenvalue weighted by atomic mass is 10.2. The summed E-state index contributed by atoms with van der Waals surface area (Å²) in [5, 5.41) is 3.62. The zero-order valence-corrected chi connectivity index (χ0v) is 13.1. The van der Waals surface area contributed by atoms with Crippen LogP contribution in [-0.2, 0) is 0 Å². The average Bonchev–Trinajstić information content (AvgIpc) is 3.07. The summed E-state index contributed by atoms with van der Waals surface area (Å²) in [4.78, 5) is 3.91. The molecule has 1 aliphatic rings. The van der Waals surface area contributed by atoms with Gasteiger partial charge in [-0.3, -0.25) is 4.90 Å². The van der Waals surface area contributed by atoms with Crippen molar-refractivity contribution >= 4 is 27.3 Å². The number of hydrogen-bond donors (Lipinski definition) is 1. The standard InChI is InChI=1S/C13H21BrN2S/c1-9(16(3)11-4-5-11)8-15-10(2)12-6-7-13(14)17-12/h6-7,9-11,15H,4-5,8H2,1-3H3. The highest BCUT2D eigenvalue weighted by Gasteiger charge is 2.29. The second kappa shape index (κ2) is 5.83. The summed E-state index contributed by atoms with van der Waals surface area (Å²) < 4.78 is 1.21. The van der Waals surface area contributed by atoms with Gasteiger partial charge in [-0.2, -0.15) is 0 Å². The summed E-state index contributed by atoms with van der Waals surface area (Å²) >= 11 is 5.33. The normalized spacial score (nSPS) is 19.6. The molecule has 0 aromatic carbocycles. The Bertz CT molecular complexity index is 362. The lowest BCUT2D eigenvalue weighted by Gasteiger charge is -2.26. The number of thiophene rings is 1. The summed E-state index contributed by atoms with van der Waals surface area (Å²) in [5.74, 6) is 0. The molecule has 0 bridgehead atoms. The molecule has 1 fully saturated rings. The third-order valence-electron chi connectivity index (χ3n) is 3.56. The Morgan fingerprint density at radius 2 is 2.18 bits per heavy atom. The van der Waals surface area contributed by atoms with Gasteiger partial charge in [0.2, 0.25) is 0 Å². The number of hydrogen-bond acceptors (Lipinski definition) is 3. The van der Waals surface area contributed by atoms with Crippen LogP contribution in [0.1, 0.15) is 37.6 Å². The van der Waals surface area contributed by atoms with Crippen molar-refractivity contribution in [3.63, 3.8) is 0 Å². The highest BCUT2D eigenvalue weighted by molar-refractivity contribution is 9.11. The largest absolute Gasteiger partial charge is 0.308 e. The van der Waals surface area contributed by atoms with E-state index in [1.54, 1.807) is 0 Å². The van der Waals surface area contributed by atoms with Gasteiger partial charge in [0.25, 0.3) is 0 Å². The minimum atomic E-state index is 0.446. The van der Waals surface area contributed by atoms with Gasteiger partial charge < -0.3 is 5.32 Å². The Kier molecular flexibility index (Phi) is 4.64. The molecule has 0 spiro atoms. The predicted molar refractivity (Wildman–Crippen MR) is 78.7 cm³/mol. The Morgan fingerprint density at radius 1 is 1.47 bits per heavy atom. The maximum Gasteiger partial charge on any atom is 0.0701 e. The van der Waals surface area contributed by atoms with Crippen LogP contribution < -0.4 is 5.32 Å². The topological polar surface area (TPSA) is 15.3 Å². The van der Waals surface area contributed by atoms with Crippen molar-refractivity contribution < 1.29 is 0 Å². The molecule has 17 heavy (non-hydrogen) atoms. The summed E-state index contributed by atoms with van der Waals surface area (Å²) in [6.45, 7) is 5.61. The van der Waals surface area contributed by atoms with E-state index in [1.165, 1.54) is 21.5 Å². The van der Waals surface area contributed by atoms with Crippen molar-refractivity contribution in [1.82, 2.24) is 10.2 Å². The minimum Gasteiger partial charge on any atom is -0.308 e. The molecular formula is C13H21BrN2S. The van der Waals surface area contributed by atoms with Crippen molar-refractivity contribution in [2.24, 2.45) is 0 Å². The first-order valence-corrected chi connectivity index (χ1v) is 7.89. The Morgan fingerprint density at radius 3 is 2.71 bits per heavy atom. The fourth-order valence-electron chi connectivity index (χ4n) is 1.99. The van der Waals surface area contributed by atoms with Gasteiger partial charge in [-0.05, 0) is 61.8 Å². The molecule has 1 aromatic heterocycles. The molecule has 2 nitrogen and oxygen atoms in total. The second-order valence-corrected chi connectivity index (χ2v) is 7.51. The van der Waals surface area contributed by atoms with Crippen LogP contribution in [-0.4, -0.2) is 30.6 Å². The number of likely N-dealkylation sites (N-methyl/N-ethyl adjacent to an activating group) is 1. The van der Waals surface area contributed by atoms with Crippen molar-refractivity contribution in [1.29, 1.82) is 0 Å². The van der Waals surface area contributed by atoms with Gasteiger partial charge in [0.1, 0.15) is 0 Å². The summed E-state index contributed by atoms with van der Waals surface area (Å²) in [5.41, 5.74) is 0. The van der Waals surface area contributed by atoms with E-state index in [-0.39, 0.29) is 0 Å². The summed E-state index contributed by atoms with van der Waals surface area (Å²) in [6, 6.07) is 6.23. The van der Waals surface area contributed by atoms with Crippen LogP contribution in [0, 0.1) is 0 Å². The lowest BCUT2D eigenvalue weighted by molar-refractivity contribution is 0.237. The van der Waals surface area contributed by atoms with Crippen molar-refractivity contribution in [2.45, 2.75) is 44.8 Å². The van der Waals surface area contributed by atoms with Gasteiger partial charge in [-0.1, -0.05) is 0 Å². The van der Waals surface area contributed by atoms with E-state index in [4.69, 9.17) is 0 Å². The van der Waals surface area contributed by atoms with E-state index in [1.807, 2.05) is 11.3 Å². The first-order valence-electron chi connectivity index (χ1n) is 6.28. The van der Waals surface area contributed by atoms with Crippen molar-refractivity contribution in [3.8, 4) is 0 Å². The molecule has 0 saturated heterocycles. The molecule has 4 heteroatoms. The van der Waals surface area contributed by atoms with Gasteiger partial charge >= 0.3 is 0 Å². The molecule has 1 aromatic rings. The molecule has 2 atom stereocenters. The molecule has 1 saturated carbocycles. The zero-order valence-electron chi connectivity index (χ0n) is 10.7. The fourth-order valence-corrected chi connectivity index (χ4v) is 3.44. The summed E-state index contributed by atoms with van der Waals surface area (Å²) in [7, 11) is 2.25. The van der Waals surface area contributed by atoms with Crippen LogP contribution in [0.2, 0.25) is 0 Å². The molecule has 2 unspecified atom stereocenters. The molecule has 1 aliphatic carbocycles. The average molecular weight is 317 g/mol. The van der Waals surface area contributed by atoms with Crippen LogP contribution in [0.4, 0.5) is 0 Å². The number of nitrogens with zero attached hydrogens (tertiary/aromatic N) is 1. The monoisotopic (exact) mass is 316 g/mol. The number of halogens is 1. The van der Waals surface area contributed by atoms with Crippen LogP contribution in [0.3, 0.4) is 0 Å². The first kappa shape index (κ1) is 13.5. The lowest BCUT2D eigenvalue weighted by Crippen LogP contribution is -2.39. The van der Waals surface area contributed by atoms with Crippen LogP contribution in [0.25, 0.3) is 0 Å². The van der Waals surface area contributed by atoms with Crippen molar-refractivity contribution in [3.05, 3.63) is 20.8 Å². The fraction of sp³-hybridized carbons (Fsp3) is 0.692. The molecule has 1 N–H and O–H groups in total. The zero-order chi connectivity index (χ0) is 12.4. The first-order chi connectivity index (χ1) is 8.08. The number of rotatable bonds is 6. The van der Waals surface area contributed by atoms with Crippen LogP contribution in [0.15, 0.2) is 15.9 Å². The molecule has 2 rings (SSSR count). The predicted octanol–water partition coefficient (Wildman–Crippen LogP) is 3.64.